The van der Waals surface area contributed by atoms with Gasteiger partial charge in [-0.2, -0.15) is 0 Å². The number of halogens is 2. The minimum atomic E-state index is -0.383. The fourth-order valence-corrected chi connectivity index (χ4v) is 3.04. The molecular formula is C16H10Cl2N2O3S. The van der Waals surface area contributed by atoms with Gasteiger partial charge < -0.3 is 15.1 Å². The lowest BCUT2D eigenvalue weighted by molar-refractivity contribution is 0.0995. The number of amides is 2. The third kappa shape index (κ3) is 3.62. The Balaban J connectivity index is 1.70. The zero-order valence-corrected chi connectivity index (χ0v) is 14.3. The van der Waals surface area contributed by atoms with E-state index in [1.807, 2.05) is 0 Å². The average Bonchev–Trinajstić information content (AvgIpc) is 3.23. The third-order valence-corrected chi connectivity index (χ3v) is 4.83. The summed E-state index contributed by atoms with van der Waals surface area (Å²) in [6.45, 7) is 0. The van der Waals surface area contributed by atoms with E-state index in [4.69, 9.17) is 27.6 Å². The van der Waals surface area contributed by atoms with Crippen molar-refractivity contribution in [1.82, 2.24) is 0 Å². The first kappa shape index (κ1) is 16.6. The maximum absolute atomic E-state index is 12.3. The molecule has 122 valence electrons. The Bertz CT molecular complexity index is 891. The highest BCUT2D eigenvalue weighted by atomic mass is 35.5. The molecule has 0 fully saturated rings. The number of rotatable bonds is 4. The topological polar surface area (TPSA) is 71.3 Å². The van der Waals surface area contributed by atoms with Crippen molar-refractivity contribution in [3.8, 4) is 0 Å². The molecule has 0 bridgehead atoms. The molecule has 1 aromatic carbocycles. The standard InChI is InChI=1S/C16H10Cl2N2O3S/c17-9-3-1-4-10(14(9)18)19-16(22)12-6-7-13(24-12)20-15(21)11-5-2-8-23-11/h1-8H,(H,19,22)(H,20,21). The van der Waals surface area contributed by atoms with Crippen LogP contribution in [0.15, 0.2) is 53.1 Å². The molecule has 0 aliphatic heterocycles. The van der Waals surface area contributed by atoms with Crippen molar-refractivity contribution in [2.24, 2.45) is 0 Å². The Morgan fingerprint density at radius 2 is 1.79 bits per heavy atom. The first-order valence-electron chi connectivity index (χ1n) is 6.74. The molecule has 2 N–H and O–H groups in total. The summed E-state index contributed by atoms with van der Waals surface area (Å²) in [4.78, 5) is 24.6. The van der Waals surface area contributed by atoms with Crippen LogP contribution in [0.25, 0.3) is 0 Å². The van der Waals surface area contributed by atoms with Crippen molar-refractivity contribution >= 4 is 57.0 Å². The van der Waals surface area contributed by atoms with Crippen molar-refractivity contribution in [1.29, 1.82) is 0 Å². The molecule has 0 saturated carbocycles. The van der Waals surface area contributed by atoms with Crippen LogP contribution in [-0.4, -0.2) is 11.8 Å². The Morgan fingerprint density at radius 3 is 2.54 bits per heavy atom. The summed E-state index contributed by atoms with van der Waals surface area (Å²) < 4.78 is 5.01. The molecule has 2 amide bonds. The van der Waals surface area contributed by atoms with E-state index >= 15 is 0 Å². The largest absolute Gasteiger partial charge is 0.459 e. The molecule has 8 heteroatoms. The van der Waals surface area contributed by atoms with Crippen LogP contribution in [0.2, 0.25) is 10.0 Å². The molecule has 0 saturated heterocycles. The minimum Gasteiger partial charge on any atom is -0.459 e. The Labute approximate surface area is 151 Å². The van der Waals surface area contributed by atoms with Crippen molar-refractivity contribution < 1.29 is 14.0 Å². The average molecular weight is 381 g/mol. The number of furan rings is 1. The van der Waals surface area contributed by atoms with Gasteiger partial charge in [-0.1, -0.05) is 29.3 Å². The second kappa shape index (κ2) is 7.09. The van der Waals surface area contributed by atoms with E-state index < -0.39 is 0 Å². The highest BCUT2D eigenvalue weighted by molar-refractivity contribution is 7.18. The van der Waals surface area contributed by atoms with Crippen molar-refractivity contribution in [2.45, 2.75) is 0 Å². The van der Waals surface area contributed by atoms with E-state index in [2.05, 4.69) is 10.6 Å². The maximum atomic E-state index is 12.3. The molecule has 0 spiro atoms. The highest BCUT2D eigenvalue weighted by Crippen LogP contribution is 2.30. The molecule has 0 radical (unpaired) electrons. The SMILES string of the molecule is O=C(Nc1ccc(C(=O)Nc2cccc(Cl)c2Cl)s1)c1ccco1. The van der Waals surface area contributed by atoms with Crippen LogP contribution in [0.5, 0.6) is 0 Å². The van der Waals surface area contributed by atoms with Gasteiger partial charge in [0, 0.05) is 0 Å². The van der Waals surface area contributed by atoms with E-state index in [9.17, 15) is 9.59 Å². The van der Waals surface area contributed by atoms with Crippen LogP contribution in [0.4, 0.5) is 10.7 Å². The predicted octanol–water partition coefficient (Wildman–Crippen LogP) is 5.15. The number of hydrogen-bond acceptors (Lipinski definition) is 4. The molecule has 0 aliphatic rings. The van der Waals surface area contributed by atoms with E-state index in [0.29, 0.717) is 20.6 Å². The fraction of sp³-hybridized carbons (Fsp3) is 0. The molecule has 0 atom stereocenters. The van der Waals surface area contributed by atoms with Gasteiger partial charge in [0.2, 0.25) is 0 Å². The zero-order valence-electron chi connectivity index (χ0n) is 12.0. The Kier molecular flexibility index (Phi) is 4.89. The predicted molar refractivity (Wildman–Crippen MR) is 95.4 cm³/mol. The van der Waals surface area contributed by atoms with Crippen molar-refractivity contribution in [3.05, 3.63) is 69.4 Å². The molecule has 2 aromatic heterocycles. The second-order valence-electron chi connectivity index (χ2n) is 4.65. The molecule has 5 nitrogen and oxygen atoms in total. The molecule has 24 heavy (non-hydrogen) atoms. The van der Waals surface area contributed by atoms with E-state index in [-0.39, 0.29) is 22.6 Å². The maximum Gasteiger partial charge on any atom is 0.291 e. The summed E-state index contributed by atoms with van der Waals surface area (Å²) in [5, 5.41) is 6.50. The molecule has 3 rings (SSSR count). The summed E-state index contributed by atoms with van der Waals surface area (Å²) in [5.41, 5.74) is 0.420. The second-order valence-corrected chi connectivity index (χ2v) is 6.52. The van der Waals surface area contributed by atoms with Crippen LogP contribution in [-0.2, 0) is 0 Å². The van der Waals surface area contributed by atoms with E-state index in [1.54, 1.807) is 42.5 Å². The van der Waals surface area contributed by atoms with Crippen molar-refractivity contribution in [3.63, 3.8) is 0 Å². The lowest BCUT2D eigenvalue weighted by Crippen LogP contribution is -2.11. The summed E-state index contributed by atoms with van der Waals surface area (Å²) in [6.07, 6.45) is 1.41. The van der Waals surface area contributed by atoms with Crippen LogP contribution >= 0.6 is 34.5 Å². The van der Waals surface area contributed by atoms with Gasteiger partial charge in [0.1, 0.15) is 0 Å². The highest BCUT2D eigenvalue weighted by Gasteiger charge is 2.15. The van der Waals surface area contributed by atoms with Crippen LogP contribution in [0.1, 0.15) is 20.2 Å². The summed E-state index contributed by atoms with van der Waals surface area (Å²) in [7, 11) is 0. The van der Waals surface area contributed by atoms with Gasteiger partial charge in [-0.25, -0.2) is 0 Å². The Morgan fingerprint density at radius 1 is 0.958 bits per heavy atom. The zero-order chi connectivity index (χ0) is 17.1. The first-order chi connectivity index (χ1) is 11.5. The lowest BCUT2D eigenvalue weighted by atomic mass is 10.3. The minimum absolute atomic E-state index is 0.195. The monoisotopic (exact) mass is 380 g/mol. The smallest absolute Gasteiger partial charge is 0.291 e. The van der Waals surface area contributed by atoms with Gasteiger partial charge >= 0.3 is 0 Å². The van der Waals surface area contributed by atoms with Gasteiger partial charge in [0.05, 0.1) is 31.9 Å². The third-order valence-electron chi connectivity index (χ3n) is 3.01. The van der Waals surface area contributed by atoms with Gasteiger partial charge in [-0.3, -0.25) is 9.59 Å². The van der Waals surface area contributed by atoms with Gasteiger partial charge in [-0.05, 0) is 36.4 Å². The van der Waals surface area contributed by atoms with Crippen molar-refractivity contribution in [2.75, 3.05) is 10.6 Å². The van der Waals surface area contributed by atoms with E-state index in [0.717, 1.165) is 11.3 Å². The van der Waals surface area contributed by atoms with Crippen LogP contribution < -0.4 is 10.6 Å². The number of benzene rings is 1. The normalized spacial score (nSPS) is 10.4. The van der Waals surface area contributed by atoms with Crippen LogP contribution in [0, 0.1) is 0 Å². The first-order valence-corrected chi connectivity index (χ1v) is 8.32. The summed E-state index contributed by atoms with van der Waals surface area (Å²) in [5.74, 6) is -0.533. The molecular weight excluding hydrogens is 371 g/mol. The number of hydrogen-bond donors (Lipinski definition) is 2. The van der Waals surface area contributed by atoms with Gasteiger partial charge in [0.15, 0.2) is 5.76 Å². The number of thiophene rings is 1. The molecule has 2 heterocycles. The number of carbonyl (C=O) groups is 2. The molecule has 0 aliphatic carbocycles. The molecule has 0 unspecified atom stereocenters. The number of nitrogens with one attached hydrogen (secondary N) is 2. The number of anilines is 2. The van der Waals surface area contributed by atoms with Crippen LogP contribution in [0.3, 0.4) is 0 Å². The fourth-order valence-electron chi connectivity index (χ4n) is 1.89. The summed E-state index contributed by atoms with van der Waals surface area (Å²) >= 11 is 13.1. The Hall–Kier alpha value is -2.28. The van der Waals surface area contributed by atoms with Gasteiger partial charge in [0.25, 0.3) is 11.8 Å². The lowest BCUT2D eigenvalue weighted by Gasteiger charge is -2.06. The quantitative estimate of drug-likeness (QED) is 0.656. The molecule has 3 aromatic rings. The van der Waals surface area contributed by atoms with E-state index in [1.165, 1.54) is 6.26 Å². The van der Waals surface area contributed by atoms with Gasteiger partial charge in [-0.15, -0.1) is 11.3 Å². The summed E-state index contributed by atoms with van der Waals surface area (Å²) in [6, 6.07) is 11.4. The number of carbonyl (C=O) groups excluding carboxylic acids is 2.